The Balaban J connectivity index is 2.89. The fraction of sp³-hybridized carbons (Fsp3) is 0.833. The van der Waals surface area contributed by atoms with Gasteiger partial charge in [-0.15, -0.1) is 0 Å². The van der Waals surface area contributed by atoms with Crippen molar-refractivity contribution in [2.24, 2.45) is 0 Å². The minimum absolute atomic E-state index is 0.457. The molecule has 0 aromatic carbocycles. The van der Waals surface area contributed by atoms with Crippen molar-refractivity contribution >= 4 is 0 Å². The average molecular weight is 153 g/mol. The predicted molar refractivity (Wildman–Crippen MR) is 32.5 cm³/mol. The van der Waals surface area contributed by atoms with Crippen molar-refractivity contribution < 1.29 is 18.3 Å². The van der Waals surface area contributed by atoms with E-state index in [2.05, 4.69) is 9.47 Å². The standard InChI is InChI=1S/C6H11F2O2/c1-2-3-9-5-10-6(8)4-7/h5-6H,2-4H2,1H3. The van der Waals surface area contributed by atoms with Gasteiger partial charge in [-0.2, -0.15) is 0 Å². The van der Waals surface area contributed by atoms with Gasteiger partial charge in [-0.3, -0.25) is 0 Å². The molecule has 1 radical (unpaired) electrons. The highest BCUT2D eigenvalue weighted by Crippen LogP contribution is 1.97. The molecule has 0 aliphatic rings. The van der Waals surface area contributed by atoms with Gasteiger partial charge in [0, 0.05) is 6.61 Å². The highest BCUT2D eigenvalue weighted by Gasteiger charge is 2.03. The summed E-state index contributed by atoms with van der Waals surface area (Å²) < 4.78 is 31.9. The molecule has 0 aromatic heterocycles. The Hall–Kier alpha value is -0.220. The van der Waals surface area contributed by atoms with Gasteiger partial charge >= 0.3 is 0 Å². The molecule has 4 heteroatoms. The molecule has 0 fully saturated rings. The summed E-state index contributed by atoms with van der Waals surface area (Å²) in [4.78, 5) is 0. The first-order chi connectivity index (χ1) is 4.81. The van der Waals surface area contributed by atoms with Gasteiger partial charge in [-0.1, -0.05) is 6.92 Å². The van der Waals surface area contributed by atoms with Crippen LogP contribution in [0.2, 0.25) is 0 Å². The summed E-state index contributed by atoms with van der Waals surface area (Å²) in [6.45, 7) is 2.04. The topological polar surface area (TPSA) is 18.5 Å². The summed E-state index contributed by atoms with van der Waals surface area (Å²) in [6, 6.07) is 0. The van der Waals surface area contributed by atoms with E-state index >= 15 is 0 Å². The fourth-order valence-corrected chi connectivity index (χ4v) is 0.302. The zero-order chi connectivity index (χ0) is 7.82. The molecule has 1 unspecified atom stereocenters. The Morgan fingerprint density at radius 1 is 1.60 bits per heavy atom. The van der Waals surface area contributed by atoms with Gasteiger partial charge in [0.05, 0.1) is 0 Å². The molecule has 2 nitrogen and oxygen atoms in total. The van der Waals surface area contributed by atoms with Crippen LogP contribution < -0.4 is 0 Å². The van der Waals surface area contributed by atoms with E-state index in [0.29, 0.717) is 6.61 Å². The second kappa shape index (κ2) is 6.89. The molecule has 0 saturated carbocycles. The molecule has 10 heavy (non-hydrogen) atoms. The third-order valence-corrected chi connectivity index (χ3v) is 0.715. The molecule has 0 aliphatic heterocycles. The lowest BCUT2D eigenvalue weighted by atomic mass is 10.5. The van der Waals surface area contributed by atoms with Crippen LogP contribution in [-0.2, 0) is 9.47 Å². The lowest BCUT2D eigenvalue weighted by Crippen LogP contribution is -2.07. The van der Waals surface area contributed by atoms with E-state index in [1.807, 2.05) is 6.92 Å². The van der Waals surface area contributed by atoms with Gasteiger partial charge < -0.3 is 9.47 Å². The molecule has 0 aliphatic carbocycles. The van der Waals surface area contributed by atoms with Crippen molar-refractivity contribution in [1.29, 1.82) is 0 Å². The summed E-state index contributed by atoms with van der Waals surface area (Å²) in [7, 11) is 0. The van der Waals surface area contributed by atoms with Crippen LogP contribution in [0.3, 0.4) is 0 Å². The lowest BCUT2D eigenvalue weighted by molar-refractivity contribution is -0.0868. The molecule has 0 bridgehead atoms. The number of alkyl halides is 2. The largest absolute Gasteiger partial charge is 0.348 e. The maximum atomic E-state index is 11.9. The molecule has 0 heterocycles. The summed E-state index contributed by atoms with van der Waals surface area (Å²) in [5.74, 6) is 0. The van der Waals surface area contributed by atoms with E-state index in [9.17, 15) is 8.78 Å². The quantitative estimate of drug-likeness (QED) is 0.542. The average Bonchev–Trinajstić information content (AvgIpc) is 1.98. The zero-order valence-electron chi connectivity index (χ0n) is 5.85. The first-order valence-electron chi connectivity index (χ1n) is 3.10. The normalized spacial score (nSPS) is 13.5. The summed E-state index contributed by atoms with van der Waals surface area (Å²) in [5, 5.41) is 0. The zero-order valence-corrected chi connectivity index (χ0v) is 5.85. The summed E-state index contributed by atoms with van der Waals surface area (Å²) in [5.41, 5.74) is 0. The van der Waals surface area contributed by atoms with E-state index < -0.39 is 13.0 Å². The molecule has 0 aromatic rings. The van der Waals surface area contributed by atoms with Crippen LogP contribution in [0.15, 0.2) is 0 Å². The third-order valence-electron chi connectivity index (χ3n) is 0.715. The van der Waals surface area contributed by atoms with Crippen LogP contribution in [0.25, 0.3) is 0 Å². The maximum absolute atomic E-state index is 11.9. The number of ether oxygens (including phenoxy) is 2. The predicted octanol–water partition coefficient (Wildman–Crippen LogP) is 1.81. The van der Waals surface area contributed by atoms with Crippen LogP contribution in [0, 0.1) is 6.79 Å². The Labute approximate surface area is 59.1 Å². The highest BCUT2D eigenvalue weighted by molar-refractivity contribution is 4.37. The van der Waals surface area contributed by atoms with E-state index in [4.69, 9.17) is 0 Å². The van der Waals surface area contributed by atoms with Crippen LogP contribution in [0.5, 0.6) is 0 Å². The van der Waals surface area contributed by atoms with Crippen LogP contribution in [0.4, 0.5) is 8.78 Å². The molecule has 0 rings (SSSR count). The monoisotopic (exact) mass is 153 g/mol. The molecule has 61 valence electrons. The van der Waals surface area contributed by atoms with Crippen LogP contribution in [0.1, 0.15) is 13.3 Å². The van der Waals surface area contributed by atoms with Crippen LogP contribution >= 0.6 is 0 Å². The first kappa shape index (κ1) is 9.78. The molecule has 0 spiro atoms. The number of halogens is 2. The Morgan fingerprint density at radius 3 is 2.80 bits per heavy atom. The summed E-state index contributed by atoms with van der Waals surface area (Å²) in [6.07, 6.45) is -1.08. The second-order valence-corrected chi connectivity index (χ2v) is 1.67. The molecule has 0 amide bonds. The van der Waals surface area contributed by atoms with E-state index in [0.717, 1.165) is 13.2 Å². The Morgan fingerprint density at radius 2 is 2.30 bits per heavy atom. The SMILES string of the molecule is CCCO[CH]OC(F)CF. The first-order valence-corrected chi connectivity index (χ1v) is 3.10. The fourth-order valence-electron chi connectivity index (χ4n) is 0.302. The number of hydrogen-bond donors (Lipinski definition) is 0. The highest BCUT2D eigenvalue weighted by atomic mass is 19.2. The van der Waals surface area contributed by atoms with Crippen molar-refractivity contribution in [2.45, 2.75) is 19.7 Å². The number of rotatable bonds is 6. The van der Waals surface area contributed by atoms with Crippen molar-refractivity contribution in [3.8, 4) is 0 Å². The van der Waals surface area contributed by atoms with E-state index in [-0.39, 0.29) is 0 Å². The van der Waals surface area contributed by atoms with E-state index in [1.165, 1.54) is 0 Å². The molecular weight excluding hydrogens is 142 g/mol. The van der Waals surface area contributed by atoms with Gasteiger partial charge in [-0.25, -0.2) is 8.78 Å². The Bertz CT molecular complexity index is 70.8. The van der Waals surface area contributed by atoms with Crippen LogP contribution in [-0.4, -0.2) is 19.6 Å². The van der Waals surface area contributed by atoms with Crippen molar-refractivity contribution in [2.75, 3.05) is 13.3 Å². The molecule has 0 saturated heterocycles. The van der Waals surface area contributed by atoms with Gasteiger partial charge in [0.2, 0.25) is 13.2 Å². The van der Waals surface area contributed by atoms with Gasteiger partial charge in [-0.05, 0) is 6.42 Å². The van der Waals surface area contributed by atoms with Crippen molar-refractivity contribution in [1.82, 2.24) is 0 Å². The smallest absolute Gasteiger partial charge is 0.230 e. The third kappa shape index (κ3) is 5.91. The summed E-state index contributed by atoms with van der Waals surface area (Å²) >= 11 is 0. The maximum Gasteiger partial charge on any atom is 0.230 e. The molecular formula is C6H11F2O2. The van der Waals surface area contributed by atoms with Crippen molar-refractivity contribution in [3.63, 3.8) is 0 Å². The second-order valence-electron chi connectivity index (χ2n) is 1.67. The number of hydrogen-bond acceptors (Lipinski definition) is 2. The van der Waals surface area contributed by atoms with Gasteiger partial charge in [0.15, 0.2) is 0 Å². The van der Waals surface area contributed by atoms with Crippen molar-refractivity contribution in [3.05, 3.63) is 6.79 Å². The van der Waals surface area contributed by atoms with Gasteiger partial charge in [0.1, 0.15) is 6.67 Å². The van der Waals surface area contributed by atoms with E-state index in [1.54, 1.807) is 0 Å². The molecule has 0 N–H and O–H groups in total. The van der Waals surface area contributed by atoms with Gasteiger partial charge in [0.25, 0.3) is 0 Å². The Kier molecular flexibility index (Phi) is 6.74. The minimum Gasteiger partial charge on any atom is -0.348 e. The minimum atomic E-state index is -1.89. The lowest BCUT2D eigenvalue weighted by Gasteiger charge is -2.03. The molecule has 1 atom stereocenters.